The SMILES string of the molecule is CCC(=O)c1ccccc1N1CCC(C)C1. The summed E-state index contributed by atoms with van der Waals surface area (Å²) in [6.45, 7) is 6.35. The van der Waals surface area contributed by atoms with Crippen molar-refractivity contribution >= 4 is 11.5 Å². The number of rotatable bonds is 3. The molecular formula is C14H19NO. The van der Waals surface area contributed by atoms with Crippen molar-refractivity contribution in [2.24, 2.45) is 5.92 Å². The normalized spacial score (nSPS) is 20.1. The molecule has 1 aliphatic heterocycles. The van der Waals surface area contributed by atoms with Crippen LogP contribution in [0.1, 0.15) is 37.0 Å². The Bertz CT molecular complexity index is 386. The first-order valence-electron chi connectivity index (χ1n) is 6.09. The highest BCUT2D eigenvalue weighted by atomic mass is 16.1. The fraction of sp³-hybridized carbons (Fsp3) is 0.500. The molecule has 86 valence electrons. The number of ketones is 1. The van der Waals surface area contributed by atoms with E-state index in [-0.39, 0.29) is 5.78 Å². The van der Waals surface area contributed by atoms with E-state index < -0.39 is 0 Å². The molecule has 0 amide bonds. The predicted octanol–water partition coefficient (Wildman–Crippen LogP) is 3.13. The predicted molar refractivity (Wildman–Crippen MR) is 67.1 cm³/mol. The Morgan fingerprint density at radius 1 is 1.44 bits per heavy atom. The van der Waals surface area contributed by atoms with Gasteiger partial charge in [0.15, 0.2) is 5.78 Å². The molecule has 0 N–H and O–H groups in total. The molecule has 2 nitrogen and oxygen atoms in total. The quantitative estimate of drug-likeness (QED) is 0.725. The third-order valence-corrected chi connectivity index (χ3v) is 3.29. The highest BCUT2D eigenvalue weighted by Gasteiger charge is 2.22. The Balaban J connectivity index is 2.29. The van der Waals surface area contributed by atoms with E-state index in [0.717, 1.165) is 30.3 Å². The van der Waals surface area contributed by atoms with Crippen molar-refractivity contribution in [1.82, 2.24) is 0 Å². The topological polar surface area (TPSA) is 20.3 Å². The lowest BCUT2D eigenvalue weighted by Gasteiger charge is -2.21. The summed E-state index contributed by atoms with van der Waals surface area (Å²) in [6, 6.07) is 7.99. The monoisotopic (exact) mass is 217 g/mol. The first-order chi connectivity index (χ1) is 7.72. The Kier molecular flexibility index (Phi) is 3.28. The Morgan fingerprint density at radius 2 is 2.19 bits per heavy atom. The molecule has 0 aromatic heterocycles. The van der Waals surface area contributed by atoms with E-state index in [1.54, 1.807) is 0 Å². The highest BCUT2D eigenvalue weighted by molar-refractivity contribution is 6.01. The van der Waals surface area contributed by atoms with Crippen molar-refractivity contribution in [3.05, 3.63) is 29.8 Å². The van der Waals surface area contributed by atoms with Crippen LogP contribution in [0.2, 0.25) is 0 Å². The van der Waals surface area contributed by atoms with E-state index in [9.17, 15) is 4.79 Å². The van der Waals surface area contributed by atoms with Gasteiger partial charge in [-0.2, -0.15) is 0 Å². The second kappa shape index (κ2) is 4.69. The average Bonchev–Trinajstić information content (AvgIpc) is 2.75. The first-order valence-corrected chi connectivity index (χ1v) is 6.09. The molecular weight excluding hydrogens is 198 g/mol. The van der Waals surface area contributed by atoms with Gasteiger partial charge in [0, 0.05) is 30.8 Å². The summed E-state index contributed by atoms with van der Waals surface area (Å²) in [6.07, 6.45) is 1.81. The fourth-order valence-corrected chi connectivity index (χ4v) is 2.33. The van der Waals surface area contributed by atoms with Crippen molar-refractivity contribution in [2.45, 2.75) is 26.7 Å². The summed E-state index contributed by atoms with van der Waals surface area (Å²) in [5, 5.41) is 0. The minimum absolute atomic E-state index is 0.246. The summed E-state index contributed by atoms with van der Waals surface area (Å²) < 4.78 is 0. The molecule has 0 spiro atoms. The van der Waals surface area contributed by atoms with Gasteiger partial charge in [-0.1, -0.05) is 26.0 Å². The lowest BCUT2D eigenvalue weighted by molar-refractivity contribution is 0.0988. The number of para-hydroxylation sites is 1. The van der Waals surface area contributed by atoms with E-state index >= 15 is 0 Å². The van der Waals surface area contributed by atoms with Crippen LogP contribution in [0, 0.1) is 5.92 Å². The molecule has 0 bridgehead atoms. The number of hydrogen-bond donors (Lipinski definition) is 0. The zero-order valence-corrected chi connectivity index (χ0v) is 10.1. The molecule has 1 aliphatic rings. The van der Waals surface area contributed by atoms with Gasteiger partial charge in [-0.25, -0.2) is 0 Å². The van der Waals surface area contributed by atoms with Crippen LogP contribution in [0.25, 0.3) is 0 Å². The lowest BCUT2D eigenvalue weighted by Crippen LogP contribution is -2.21. The number of hydrogen-bond acceptors (Lipinski definition) is 2. The Morgan fingerprint density at radius 3 is 2.81 bits per heavy atom. The second-order valence-electron chi connectivity index (χ2n) is 4.63. The van der Waals surface area contributed by atoms with Crippen LogP contribution < -0.4 is 4.90 Å². The standard InChI is InChI=1S/C14H19NO/c1-3-14(16)12-6-4-5-7-13(12)15-9-8-11(2)10-15/h4-7,11H,3,8-10H2,1-2H3. The average molecular weight is 217 g/mol. The summed E-state index contributed by atoms with van der Waals surface area (Å²) in [7, 11) is 0. The molecule has 0 saturated carbocycles. The van der Waals surface area contributed by atoms with Crippen LogP contribution in [0.15, 0.2) is 24.3 Å². The Labute approximate surface area is 97.3 Å². The van der Waals surface area contributed by atoms with Gasteiger partial charge in [-0.3, -0.25) is 4.79 Å². The van der Waals surface area contributed by atoms with Crippen LogP contribution in [-0.2, 0) is 0 Å². The van der Waals surface area contributed by atoms with Gasteiger partial charge in [0.2, 0.25) is 0 Å². The maximum atomic E-state index is 11.8. The smallest absolute Gasteiger partial charge is 0.164 e. The van der Waals surface area contributed by atoms with Crippen LogP contribution in [-0.4, -0.2) is 18.9 Å². The van der Waals surface area contributed by atoms with Crippen LogP contribution in [0.4, 0.5) is 5.69 Å². The van der Waals surface area contributed by atoms with E-state index in [2.05, 4.69) is 17.9 Å². The number of benzene rings is 1. The molecule has 0 aliphatic carbocycles. The molecule has 1 heterocycles. The van der Waals surface area contributed by atoms with E-state index in [1.165, 1.54) is 6.42 Å². The zero-order valence-electron chi connectivity index (χ0n) is 10.1. The summed E-state index contributed by atoms with van der Waals surface area (Å²) >= 11 is 0. The maximum absolute atomic E-state index is 11.8. The van der Waals surface area contributed by atoms with Crippen molar-refractivity contribution in [2.75, 3.05) is 18.0 Å². The highest BCUT2D eigenvalue weighted by Crippen LogP contribution is 2.27. The minimum Gasteiger partial charge on any atom is -0.371 e. The lowest BCUT2D eigenvalue weighted by atomic mass is 10.1. The molecule has 2 heteroatoms. The third kappa shape index (κ3) is 2.11. The van der Waals surface area contributed by atoms with Crippen LogP contribution >= 0.6 is 0 Å². The molecule has 16 heavy (non-hydrogen) atoms. The van der Waals surface area contributed by atoms with Gasteiger partial charge in [-0.15, -0.1) is 0 Å². The number of Topliss-reactive ketones (excluding diaryl/α,β-unsaturated/α-hetero) is 1. The van der Waals surface area contributed by atoms with Crippen molar-refractivity contribution < 1.29 is 4.79 Å². The molecule has 1 aromatic rings. The molecule has 1 unspecified atom stereocenters. The number of anilines is 1. The molecule has 0 radical (unpaired) electrons. The molecule has 2 rings (SSSR count). The van der Waals surface area contributed by atoms with Gasteiger partial charge in [0.25, 0.3) is 0 Å². The Hall–Kier alpha value is -1.31. The third-order valence-electron chi connectivity index (χ3n) is 3.29. The van der Waals surface area contributed by atoms with Crippen LogP contribution in [0.3, 0.4) is 0 Å². The van der Waals surface area contributed by atoms with Crippen molar-refractivity contribution in [3.63, 3.8) is 0 Å². The van der Waals surface area contributed by atoms with Gasteiger partial charge >= 0.3 is 0 Å². The van der Waals surface area contributed by atoms with E-state index in [1.807, 2.05) is 25.1 Å². The van der Waals surface area contributed by atoms with Gasteiger partial charge < -0.3 is 4.90 Å². The molecule has 1 fully saturated rings. The largest absolute Gasteiger partial charge is 0.371 e. The van der Waals surface area contributed by atoms with Gasteiger partial charge in [0.05, 0.1) is 0 Å². The summed E-state index contributed by atoms with van der Waals surface area (Å²) in [5.41, 5.74) is 2.01. The number of nitrogens with zero attached hydrogens (tertiary/aromatic N) is 1. The van der Waals surface area contributed by atoms with Gasteiger partial charge in [-0.05, 0) is 24.5 Å². The molecule has 1 aromatic carbocycles. The van der Waals surface area contributed by atoms with Crippen molar-refractivity contribution in [3.8, 4) is 0 Å². The van der Waals surface area contributed by atoms with Crippen LogP contribution in [0.5, 0.6) is 0 Å². The summed E-state index contributed by atoms with van der Waals surface area (Å²) in [4.78, 5) is 14.2. The second-order valence-corrected chi connectivity index (χ2v) is 4.63. The minimum atomic E-state index is 0.246. The van der Waals surface area contributed by atoms with Crippen molar-refractivity contribution in [1.29, 1.82) is 0 Å². The fourth-order valence-electron chi connectivity index (χ4n) is 2.33. The molecule has 1 saturated heterocycles. The summed E-state index contributed by atoms with van der Waals surface area (Å²) in [5.74, 6) is 0.986. The van der Waals surface area contributed by atoms with E-state index in [4.69, 9.17) is 0 Å². The number of carbonyl (C=O) groups excluding carboxylic acids is 1. The van der Waals surface area contributed by atoms with Gasteiger partial charge in [0.1, 0.15) is 0 Å². The number of carbonyl (C=O) groups is 1. The van der Waals surface area contributed by atoms with E-state index in [0.29, 0.717) is 6.42 Å². The maximum Gasteiger partial charge on any atom is 0.164 e. The zero-order chi connectivity index (χ0) is 11.5. The first kappa shape index (κ1) is 11.2. The molecule has 1 atom stereocenters.